The predicted octanol–water partition coefficient (Wildman–Crippen LogP) is 3.10. The largest absolute Gasteiger partial charge is 0.324 e. The van der Waals surface area contributed by atoms with Gasteiger partial charge in [0.05, 0.1) is 11.4 Å². The molecule has 0 aliphatic carbocycles. The fourth-order valence-corrected chi connectivity index (χ4v) is 3.84. The van der Waals surface area contributed by atoms with Crippen LogP contribution in [0.5, 0.6) is 0 Å². The van der Waals surface area contributed by atoms with Gasteiger partial charge in [0.2, 0.25) is 10.0 Å². The van der Waals surface area contributed by atoms with Gasteiger partial charge in [0.25, 0.3) is 0 Å². The quantitative estimate of drug-likeness (QED) is 0.836. The molecule has 1 fully saturated rings. The predicted molar refractivity (Wildman–Crippen MR) is 93.1 cm³/mol. The summed E-state index contributed by atoms with van der Waals surface area (Å²) in [4.78, 5) is 14.1. The molecule has 1 saturated heterocycles. The average Bonchev–Trinajstić information content (AvgIpc) is 2.96. The Morgan fingerprint density at radius 1 is 1.30 bits per heavy atom. The van der Waals surface area contributed by atoms with Crippen molar-refractivity contribution in [3.8, 4) is 0 Å². The summed E-state index contributed by atoms with van der Waals surface area (Å²) in [6, 6.07) is 6.65. The third-order valence-corrected chi connectivity index (χ3v) is 5.50. The van der Waals surface area contributed by atoms with Crippen LogP contribution in [-0.2, 0) is 10.0 Å². The van der Waals surface area contributed by atoms with Gasteiger partial charge < -0.3 is 10.2 Å². The minimum Gasteiger partial charge on any atom is -0.324 e. The Balaban J connectivity index is 1.99. The molecular weight excluding hydrogens is 314 g/mol. The molecule has 1 aliphatic heterocycles. The highest BCUT2D eigenvalue weighted by Gasteiger charge is 2.24. The smallest absolute Gasteiger partial charge is 0.321 e. The molecule has 0 saturated carbocycles. The van der Waals surface area contributed by atoms with Gasteiger partial charge in [-0.15, -0.1) is 0 Å². The Morgan fingerprint density at radius 3 is 2.70 bits per heavy atom. The van der Waals surface area contributed by atoms with Crippen molar-refractivity contribution in [3.05, 3.63) is 24.3 Å². The number of anilines is 2. The highest BCUT2D eigenvalue weighted by Crippen LogP contribution is 2.21. The van der Waals surface area contributed by atoms with Crippen LogP contribution in [0.3, 0.4) is 0 Å². The lowest BCUT2D eigenvalue weighted by Crippen LogP contribution is -2.32. The van der Waals surface area contributed by atoms with Crippen molar-refractivity contribution in [1.29, 1.82) is 0 Å². The number of likely N-dealkylation sites (tertiary alicyclic amines) is 1. The average molecular weight is 339 g/mol. The van der Waals surface area contributed by atoms with Gasteiger partial charge in [-0.25, -0.2) is 13.2 Å². The molecule has 0 bridgehead atoms. The summed E-state index contributed by atoms with van der Waals surface area (Å²) in [5, 5.41) is 2.84. The number of hydrogen-bond acceptors (Lipinski definition) is 3. The molecule has 2 rings (SSSR count). The Labute approximate surface area is 138 Å². The van der Waals surface area contributed by atoms with Crippen LogP contribution >= 0.6 is 0 Å². The molecule has 6 nitrogen and oxygen atoms in total. The molecule has 1 aromatic carbocycles. The zero-order valence-corrected chi connectivity index (χ0v) is 14.5. The summed E-state index contributed by atoms with van der Waals surface area (Å²) in [6.07, 6.45) is 2.68. The fourth-order valence-electron chi connectivity index (χ4n) is 2.71. The van der Waals surface area contributed by atoms with E-state index >= 15 is 0 Å². The highest BCUT2D eigenvalue weighted by atomic mass is 32.2. The molecule has 23 heavy (non-hydrogen) atoms. The number of benzene rings is 1. The number of nitrogens with zero attached hydrogens (tertiary/aromatic N) is 1. The van der Waals surface area contributed by atoms with Crippen molar-refractivity contribution in [2.75, 3.05) is 28.9 Å². The summed E-state index contributed by atoms with van der Waals surface area (Å²) < 4.78 is 26.1. The van der Waals surface area contributed by atoms with Gasteiger partial charge in [0, 0.05) is 18.8 Å². The van der Waals surface area contributed by atoms with E-state index in [9.17, 15) is 13.2 Å². The van der Waals surface area contributed by atoms with Gasteiger partial charge in [-0.1, -0.05) is 26.3 Å². The molecule has 0 aromatic heterocycles. The van der Waals surface area contributed by atoms with Crippen molar-refractivity contribution in [1.82, 2.24) is 4.90 Å². The summed E-state index contributed by atoms with van der Waals surface area (Å²) in [5.41, 5.74) is 1.05. The van der Waals surface area contributed by atoms with Crippen LogP contribution in [0, 0.1) is 5.92 Å². The van der Waals surface area contributed by atoms with E-state index in [2.05, 4.69) is 17.0 Å². The zero-order chi connectivity index (χ0) is 16.9. The maximum Gasteiger partial charge on any atom is 0.321 e. The molecule has 0 spiro atoms. The van der Waals surface area contributed by atoms with Crippen LogP contribution in [0.4, 0.5) is 16.2 Å². The van der Waals surface area contributed by atoms with Crippen LogP contribution in [0.1, 0.15) is 33.1 Å². The van der Waals surface area contributed by atoms with Crippen LogP contribution < -0.4 is 10.0 Å². The Morgan fingerprint density at radius 2 is 2.04 bits per heavy atom. The van der Waals surface area contributed by atoms with E-state index in [1.165, 1.54) is 0 Å². The van der Waals surface area contributed by atoms with Crippen molar-refractivity contribution >= 4 is 27.4 Å². The van der Waals surface area contributed by atoms with E-state index < -0.39 is 10.0 Å². The van der Waals surface area contributed by atoms with Gasteiger partial charge in [-0.3, -0.25) is 4.72 Å². The third kappa shape index (κ3) is 5.13. The summed E-state index contributed by atoms with van der Waals surface area (Å²) >= 11 is 0. The number of nitrogens with one attached hydrogen (secondary N) is 2. The number of amides is 2. The van der Waals surface area contributed by atoms with E-state index in [4.69, 9.17) is 0 Å². The van der Waals surface area contributed by atoms with Gasteiger partial charge in [-0.05, 0) is 37.0 Å². The molecule has 0 radical (unpaired) electrons. The van der Waals surface area contributed by atoms with E-state index in [-0.39, 0.29) is 11.8 Å². The van der Waals surface area contributed by atoms with E-state index in [0.29, 0.717) is 23.7 Å². The first kappa shape index (κ1) is 17.6. The number of carbonyl (C=O) groups is 1. The van der Waals surface area contributed by atoms with Gasteiger partial charge in [0.15, 0.2) is 0 Å². The lowest BCUT2D eigenvalue weighted by Gasteiger charge is -2.17. The molecule has 1 atom stereocenters. The van der Waals surface area contributed by atoms with Gasteiger partial charge >= 0.3 is 6.03 Å². The Kier molecular flexibility index (Phi) is 5.87. The minimum absolute atomic E-state index is 0.0791. The number of rotatable bonds is 6. The van der Waals surface area contributed by atoms with Crippen molar-refractivity contribution in [2.24, 2.45) is 5.92 Å². The molecular formula is C16H25N3O3S. The van der Waals surface area contributed by atoms with Crippen LogP contribution in [-0.4, -0.2) is 38.2 Å². The summed E-state index contributed by atoms with van der Waals surface area (Å²) in [5.74, 6) is 0.656. The topological polar surface area (TPSA) is 78.5 Å². The second kappa shape index (κ2) is 7.68. The molecule has 128 valence electrons. The Bertz CT molecular complexity index is 646. The molecule has 2 amide bonds. The number of carbonyl (C=O) groups excluding carboxylic acids is 1. The van der Waals surface area contributed by atoms with Crippen LogP contribution in [0.15, 0.2) is 24.3 Å². The molecule has 2 N–H and O–H groups in total. The third-order valence-electron chi connectivity index (χ3n) is 4.01. The van der Waals surface area contributed by atoms with Crippen molar-refractivity contribution < 1.29 is 13.2 Å². The number of hydrogen-bond donors (Lipinski definition) is 2. The van der Waals surface area contributed by atoms with Crippen LogP contribution in [0.2, 0.25) is 0 Å². The second-order valence-corrected chi connectivity index (χ2v) is 7.78. The maximum absolute atomic E-state index is 12.3. The van der Waals surface area contributed by atoms with Gasteiger partial charge in [-0.2, -0.15) is 0 Å². The number of sulfonamides is 1. The van der Waals surface area contributed by atoms with Crippen molar-refractivity contribution in [2.45, 2.75) is 33.1 Å². The first-order valence-electron chi connectivity index (χ1n) is 8.10. The maximum atomic E-state index is 12.3. The van der Waals surface area contributed by atoms with Gasteiger partial charge in [0.1, 0.15) is 0 Å². The minimum atomic E-state index is -3.33. The molecule has 1 unspecified atom stereocenters. The first-order chi connectivity index (χ1) is 10.9. The van der Waals surface area contributed by atoms with Crippen molar-refractivity contribution in [3.63, 3.8) is 0 Å². The van der Waals surface area contributed by atoms with E-state index in [1.54, 1.807) is 24.3 Å². The number of urea groups is 1. The first-order valence-corrected chi connectivity index (χ1v) is 9.75. The molecule has 1 heterocycles. The SMILES string of the molecule is CCCS(=O)(=O)Nc1cccc(NC(=O)N2CCC(CC)C2)c1. The lowest BCUT2D eigenvalue weighted by molar-refractivity contribution is 0.220. The highest BCUT2D eigenvalue weighted by molar-refractivity contribution is 7.92. The lowest BCUT2D eigenvalue weighted by atomic mass is 10.1. The second-order valence-electron chi connectivity index (χ2n) is 5.94. The zero-order valence-electron chi connectivity index (χ0n) is 13.7. The fraction of sp³-hybridized carbons (Fsp3) is 0.562. The normalized spacial score (nSPS) is 18.0. The van der Waals surface area contributed by atoms with E-state index in [0.717, 1.165) is 25.9 Å². The standard InChI is InChI=1S/C16H25N3O3S/c1-3-10-23(21,22)18-15-7-5-6-14(11-15)17-16(20)19-9-8-13(4-2)12-19/h5-7,11,13,18H,3-4,8-10,12H2,1-2H3,(H,17,20). The molecule has 7 heteroatoms. The van der Waals surface area contributed by atoms with Crippen LogP contribution in [0.25, 0.3) is 0 Å². The molecule has 1 aliphatic rings. The van der Waals surface area contributed by atoms with E-state index in [1.807, 2.05) is 11.8 Å². The summed E-state index contributed by atoms with van der Waals surface area (Å²) in [6.45, 7) is 5.51. The Hall–Kier alpha value is -1.76. The summed E-state index contributed by atoms with van der Waals surface area (Å²) in [7, 11) is -3.33. The molecule has 1 aromatic rings. The monoisotopic (exact) mass is 339 g/mol.